The predicted molar refractivity (Wildman–Crippen MR) is 95.4 cm³/mol. The Kier molecular flexibility index (Phi) is 9.75. The van der Waals surface area contributed by atoms with E-state index in [1.165, 1.54) is 16.7 Å². The Hall–Kier alpha value is -0.710. The Morgan fingerprint density at radius 1 is 1.38 bits per heavy atom. The number of carbonyl (C=O) groups excluding carboxylic acids is 1. The molecule has 0 saturated heterocycles. The molecule has 0 bridgehead atoms. The average molecular weight is 331 g/mol. The van der Waals surface area contributed by atoms with Crippen LogP contribution in [0.1, 0.15) is 30.0 Å². The highest BCUT2D eigenvalue weighted by molar-refractivity contribution is 7.98. The van der Waals surface area contributed by atoms with Crippen molar-refractivity contribution >= 4 is 30.1 Å². The van der Waals surface area contributed by atoms with Gasteiger partial charge in [0.1, 0.15) is 0 Å². The van der Waals surface area contributed by atoms with Crippen LogP contribution in [0.5, 0.6) is 0 Å². The summed E-state index contributed by atoms with van der Waals surface area (Å²) >= 11 is 1.71. The van der Waals surface area contributed by atoms with Crippen molar-refractivity contribution in [2.24, 2.45) is 5.73 Å². The van der Waals surface area contributed by atoms with Gasteiger partial charge in [-0.05, 0) is 56.7 Å². The van der Waals surface area contributed by atoms with Crippen molar-refractivity contribution in [1.29, 1.82) is 0 Å². The second-order valence-electron chi connectivity index (χ2n) is 5.43. The van der Waals surface area contributed by atoms with Crippen LogP contribution in [-0.2, 0) is 11.2 Å². The number of hydrogen-bond acceptors (Lipinski definition) is 3. The first-order valence-corrected chi connectivity index (χ1v) is 8.44. The van der Waals surface area contributed by atoms with Gasteiger partial charge in [0.2, 0.25) is 5.91 Å². The Morgan fingerprint density at radius 2 is 2.05 bits per heavy atom. The summed E-state index contributed by atoms with van der Waals surface area (Å²) < 4.78 is 0. The third-order valence-electron chi connectivity index (χ3n) is 3.38. The van der Waals surface area contributed by atoms with Crippen LogP contribution in [0.2, 0.25) is 0 Å². The fourth-order valence-electron chi connectivity index (χ4n) is 2.18. The number of benzene rings is 1. The lowest BCUT2D eigenvalue weighted by atomic mass is 10.00. The maximum absolute atomic E-state index is 11.9. The molecule has 1 rings (SSSR count). The van der Waals surface area contributed by atoms with Gasteiger partial charge < -0.3 is 11.1 Å². The zero-order chi connectivity index (χ0) is 15.1. The molecule has 0 aliphatic carbocycles. The molecule has 0 aliphatic heterocycles. The van der Waals surface area contributed by atoms with Gasteiger partial charge >= 0.3 is 0 Å². The Morgan fingerprint density at radius 3 is 2.62 bits per heavy atom. The van der Waals surface area contributed by atoms with Crippen molar-refractivity contribution in [3.05, 3.63) is 34.9 Å². The second-order valence-corrected chi connectivity index (χ2v) is 6.42. The molecule has 0 aromatic heterocycles. The van der Waals surface area contributed by atoms with Gasteiger partial charge in [0.15, 0.2) is 0 Å². The Balaban J connectivity index is 0.00000400. The highest BCUT2D eigenvalue weighted by Crippen LogP contribution is 2.12. The number of hydrogen-bond donors (Lipinski definition) is 2. The molecule has 21 heavy (non-hydrogen) atoms. The first kappa shape index (κ1) is 20.3. The van der Waals surface area contributed by atoms with Crippen LogP contribution in [0.4, 0.5) is 0 Å². The summed E-state index contributed by atoms with van der Waals surface area (Å²) in [4.78, 5) is 11.9. The van der Waals surface area contributed by atoms with Crippen LogP contribution in [0, 0.1) is 13.8 Å². The summed E-state index contributed by atoms with van der Waals surface area (Å²) in [6.07, 6.45) is 3.59. The molecule has 120 valence electrons. The summed E-state index contributed by atoms with van der Waals surface area (Å²) in [6.45, 7) is 6.23. The monoisotopic (exact) mass is 330 g/mol. The van der Waals surface area contributed by atoms with E-state index in [9.17, 15) is 4.79 Å². The molecule has 2 atom stereocenters. The smallest absolute Gasteiger partial charge is 0.237 e. The number of nitrogens with one attached hydrogen (secondary N) is 1. The van der Waals surface area contributed by atoms with Crippen LogP contribution >= 0.6 is 24.2 Å². The molecule has 0 fully saturated rings. The standard InChI is InChI=1S/C16H26N2OS.ClH/c1-11-5-6-14(12(2)9-11)10-13(3)18-16(19)15(17)7-8-20-4;/h5-6,9,13,15H,7-8,10,17H2,1-4H3,(H,18,19);1H/t13?,15-;/m0./s1. The maximum atomic E-state index is 11.9. The molecule has 3 N–H and O–H groups in total. The topological polar surface area (TPSA) is 55.1 Å². The van der Waals surface area contributed by atoms with E-state index in [4.69, 9.17) is 5.73 Å². The fourth-order valence-corrected chi connectivity index (χ4v) is 2.67. The minimum atomic E-state index is -0.399. The minimum Gasteiger partial charge on any atom is -0.352 e. The number of nitrogens with two attached hydrogens (primary N) is 1. The first-order chi connectivity index (χ1) is 9.43. The van der Waals surface area contributed by atoms with Gasteiger partial charge in [0, 0.05) is 6.04 Å². The molecule has 5 heteroatoms. The van der Waals surface area contributed by atoms with Crippen LogP contribution in [-0.4, -0.2) is 30.0 Å². The van der Waals surface area contributed by atoms with E-state index in [-0.39, 0.29) is 24.4 Å². The molecule has 0 aliphatic rings. The van der Waals surface area contributed by atoms with Crippen molar-refractivity contribution in [3.63, 3.8) is 0 Å². The Labute approximate surface area is 138 Å². The molecular weight excluding hydrogens is 304 g/mol. The van der Waals surface area contributed by atoms with Gasteiger partial charge in [-0.3, -0.25) is 4.79 Å². The van der Waals surface area contributed by atoms with E-state index < -0.39 is 6.04 Å². The van der Waals surface area contributed by atoms with Gasteiger partial charge in [-0.15, -0.1) is 12.4 Å². The Bertz CT molecular complexity index is 454. The summed E-state index contributed by atoms with van der Waals surface area (Å²) in [5, 5.41) is 3.01. The van der Waals surface area contributed by atoms with Gasteiger partial charge in [0.25, 0.3) is 0 Å². The number of aryl methyl sites for hydroxylation is 2. The molecular formula is C16H27ClN2OS. The van der Waals surface area contributed by atoms with E-state index in [1.807, 2.05) is 13.2 Å². The molecule has 1 aromatic rings. The molecule has 1 amide bonds. The third-order valence-corrected chi connectivity index (χ3v) is 4.03. The van der Waals surface area contributed by atoms with Crippen molar-refractivity contribution in [3.8, 4) is 0 Å². The SMILES string of the molecule is CSCC[C@H](N)C(=O)NC(C)Cc1ccc(C)cc1C.Cl. The molecule has 0 heterocycles. The number of amides is 1. The number of carbonyl (C=O) groups is 1. The second kappa shape index (κ2) is 10.1. The lowest BCUT2D eigenvalue weighted by Gasteiger charge is -2.18. The normalized spacial score (nSPS) is 13.2. The van der Waals surface area contributed by atoms with Gasteiger partial charge in [-0.2, -0.15) is 11.8 Å². The predicted octanol–water partition coefficient (Wildman–Crippen LogP) is 2.85. The fraction of sp³-hybridized carbons (Fsp3) is 0.562. The molecule has 1 unspecified atom stereocenters. The zero-order valence-corrected chi connectivity index (χ0v) is 14.9. The van der Waals surface area contributed by atoms with Crippen LogP contribution < -0.4 is 11.1 Å². The van der Waals surface area contributed by atoms with E-state index in [0.29, 0.717) is 0 Å². The maximum Gasteiger partial charge on any atom is 0.237 e. The third kappa shape index (κ3) is 7.21. The number of thioether (sulfide) groups is 1. The van der Waals surface area contributed by atoms with Crippen LogP contribution in [0.15, 0.2) is 18.2 Å². The summed E-state index contributed by atoms with van der Waals surface area (Å²) in [5.74, 6) is 0.872. The number of rotatable bonds is 7. The van der Waals surface area contributed by atoms with Gasteiger partial charge in [-0.25, -0.2) is 0 Å². The van der Waals surface area contributed by atoms with E-state index in [1.54, 1.807) is 11.8 Å². The quantitative estimate of drug-likeness (QED) is 0.808. The van der Waals surface area contributed by atoms with Crippen molar-refractivity contribution < 1.29 is 4.79 Å². The van der Waals surface area contributed by atoms with Gasteiger partial charge in [-0.1, -0.05) is 23.8 Å². The lowest BCUT2D eigenvalue weighted by Crippen LogP contribution is -2.45. The van der Waals surface area contributed by atoms with Crippen molar-refractivity contribution in [2.45, 2.75) is 45.7 Å². The highest BCUT2D eigenvalue weighted by Gasteiger charge is 2.15. The zero-order valence-electron chi connectivity index (χ0n) is 13.3. The summed E-state index contributed by atoms with van der Waals surface area (Å²) in [5.41, 5.74) is 9.69. The number of halogens is 1. The van der Waals surface area contributed by atoms with E-state index in [2.05, 4.69) is 37.4 Å². The summed E-state index contributed by atoms with van der Waals surface area (Å²) in [7, 11) is 0. The lowest BCUT2D eigenvalue weighted by molar-refractivity contribution is -0.122. The van der Waals surface area contributed by atoms with Crippen LogP contribution in [0.25, 0.3) is 0 Å². The van der Waals surface area contributed by atoms with Crippen molar-refractivity contribution in [2.75, 3.05) is 12.0 Å². The molecule has 3 nitrogen and oxygen atoms in total. The molecule has 1 aromatic carbocycles. The molecule has 0 saturated carbocycles. The van der Waals surface area contributed by atoms with E-state index >= 15 is 0 Å². The minimum absolute atomic E-state index is 0. The first-order valence-electron chi connectivity index (χ1n) is 7.05. The largest absolute Gasteiger partial charge is 0.352 e. The highest BCUT2D eigenvalue weighted by atomic mass is 35.5. The van der Waals surface area contributed by atoms with Crippen LogP contribution in [0.3, 0.4) is 0 Å². The molecule has 0 radical (unpaired) electrons. The van der Waals surface area contributed by atoms with Gasteiger partial charge in [0.05, 0.1) is 6.04 Å². The molecule has 0 spiro atoms. The summed E-state index contributed by atoms with van der Waals surface area (Å²) in [6, 6.07) is 6.13. The van der Waals surface area contributed by atoms with Crippen molar-refractivity contribution in [1.82, 2.24) is 5.32 Å². The average Bonchev–Trinajstić information content (AvgIpc) is 2.39. The van der Waals surface area contributed by atoms with E-state index in [0.717, 1.165) is 18.6 Å².